The lowest BCUT2D eigenvalue weighted by Gasteiger charge is -2.15. The zero-order chi connectivity index (χ0) is 28.4. The number of carbonyl (C=O) groups excluding carboxylic acids is 1. The molecular weight excluding hydrogens is 556 g/mol. The monoisotopic (exact) mass is 582 g/mol. The normalized spacial score (nSPS) is 16.0. The van der Waals surface area contributed by atoms with Gasteiger partial charge in [0.05, 0.1) is 28.9 Å². The van der Waals surface area contributed by atoms with Crippen molar-refractivity contribution in [3.8, 4) is 22.6 Å². The van der Waals surface area contributed by atoms with Crippen molar-refractivity contribution in [3.63, 3.8) is 0 Å². The Morgan fingerprint density at radius 2 is 1.76 bits per heavy atom. The van der Waals surface area contributed by atoms with Crippen molar-refractivity contribution in [1.29, 1.82) is 0 Å². The molecule has 9 heteroatoms. The molecule has 7 nitrogen and oxygen atoms in total. The molecule has 0 bridgehead atoms. The number of anilines is 1. The lowest BCUT2D eigenvalue weighted by molar-refractivity contribution is 0.102. The molecule has 1 aliphatic heterocycles. The SMILES string of the molecule is O=C(Nc1cccc(Cl)c1)c1cccc(Cc2c(-c3ccccn3)nn(C3CCS(=O)(=O)C3)c2-c2ccccc2)c1. The van der Waals surface area contributed by atoms with Crippen LogP contribution in [-0.4, -0.2) is 40.6 Å². The van der Waals surface area contributed by atoms with Crippen molar-refractivity contribution in [3.05, 3.63) is 125 Å². The van der Waals surface area contributed by atoms with E-state index in [2.05, 4.69) is 10.3 Å². The number of carbonyl (C=O) groups is 1. The number of halogens is 1. The van der Waals surface area contributed by atoms with Gasteiger partial charge in [0.1, 0.15) is 5.69 Å². The molecule has 0 radical (unpaired) electrons. The van der Waals surface area contributed by atoms with Crippen molar-refractivity contribution in [2.24, 2.45) is 0 Å². The third-order valence-corrected chi connectivity index (χ3v) is 9.16. The van der Waals surface area contributed by atoms with E-state index in [4.69, 9.17) is 16.7 Å². The van der Waals surface area contributed by atoms with Crippen LogP contribution in [0.4, 0.5) is 5.69 Å². The predicted molar refractivity (Wildman–Crippen MR) is 162 cm³/mol. The summed E-state index contributed by atoms with van der Waals surface area (Å²) in [6.07, 6.45) is 2.69. The highest BCUT2D eigenvalue weighted by Crippen LogP contribution is 2.37. The first-order chi connectivity index (χ1) is 19.9. The Balaban J connectivity index is 1.44. The zero-order valence-electron chi connectivity index (χ0n) is 22.1. The summed E-state index contributed by atoms with van der Waals surface area (Å²) in [4.78, 5) is 17.7. The molecule has 3 aromatic carbocycles. The molecule has 3 heterocycles. The number of amides is 1. The molecule has 6 rings (SSSR count). The second-order valence-electron chi connectivity index (χ2n) is 10.1. The molecule has 1 fully saturated rings. The molecule has 1 atom stereocenters. The molecule has 1 unspecified atom stereocenters. The molecule has 206 valence electrons. The molecule has 41 heavy (non-hydrogen) atoms. The van der Waals surface area contributed by atoms with Crippen molar-refractivity contribution in [2.45, 2.75) is 18.9 Å². The molecule has 0 saturated carbocycles. The van der Waals surface area contributed by atoms with Crippen LogP contribution in [0.25, 0.3) is 22.6 Å². The van der Waals surface area contributed by atoms with Crippen LogP contribution in [0.1, 0.15) is 33.9 Å². The molecule has 1 amide bonds. The quantitative estimate of drug-likeness (QED) is 0.237. The zero-order valence-corrected chi connectivity index (χ0v) is 23.6. The Labute approximate surface area is 243 Å². The van der Waals surface area contributed by atoms with E-state index in [1.807, 2.05) is 71.4 Å². The molecule has 1 aliphatic rings. The van der Waals surface area contributed by atoms with Crippen LogP contribution in [0.3, 0.4) is 0 Å². The van der Waals surface area contributed by atoms with Gasteiger partial charge in [-0.3, -0.25) is 14.5 Å². The number of aromatic nitrogens is 3. The summed E-state index contributed by atoms with van der Waals surface area (Å²) >= 11 is 6.09. The highest BCUT2D eigenvalue weighted by atomic mass is 35.5. The Morgan fingerprint density at radius 1 is 0.951 bits per heavy atom. The maximum Gasteiger partial charge on any atom is 0.255 e. The van der Waals surface area contributed by atoms with Crippen molar-refractivity contribution in [1.82, 2.24) is 14.8 Å². The van der Waals surface area contributed by atoms with E-state index >= 15 is 0 Å². The summed E-state index contributed by atoms with van der Waals surface area (Å²) in [6, 6.07) is 29.8. The third kappa shape index (κ3) is 5.94. The predicted octanol–water partition coefficient (Wildman–Crippen LogP) is 6.47. The maximum absolute atomic E-state index is 13.1. The first-order valence-corrected chi connectivity index (χ1v) is 15.5. The van der Waals surface area contributed by atoms with E-state index in [1.165, 1.54) is 0 Å². The first-order valence-electron chi connectivity index (χ1n) is 13.3. The van der Waals surface area contributed by atoms with E-state index in [1.54, 1.807) is 36.5 Å². The number of hydrogen-bond donors (Lipinski definition) is 1. The fourth-order valence-electron chi connectivity index (χ4n) is 5.28. The van der Waals surface area contributed by atoms with E-state index < -0.39 is 9.84 Å². The van der Waals surface area contributed by atoms with Crippen LogP contribution in [-0.2, 0) is 16.3 Å². The van der Waals surface area contributed by atoms with E-state index in [0.29, 0.717) is 40.5 Å². The van der Waals surface area contributed by atoms with Gasteiger partial charge < -0.3 is 5.32 Å². The number of benzene rings is 3. The van der Waals surface area contributed by atoms with Gasteiger partial charge in [-0.05, 0) is 54.4 Å². The number of nitrogens with one attached hydrogen (secondary N) is 1. The van der Waals surface area contributed by atoms with Gasteiger partial charge in [-0.25, -0.2) is 8.42 Å². The van der Waals surface area contributed by atoms with Gasteiger partial charge in [-0.1, -0.05) is 66.2 Å². The van der Waals surface area contributed by atoms with Crippen LogP contribution in [0.2, 0.25) is 5.02 Å². The van der Waals surface area contributed by atoms with Crippen LogP contribution in [0, 0.1) is 0 Å². The molecule has 1 saturated heterocycles. The second kappa shape index (κ2) is 11.3. The smallest absolute Gasteiger partial charge is 0.255 e. The summed E-state index contributed by atoms with van der Waals surface area (Å²) in [5.41, 5.74) is 6.17. The number of nitrogens with zero attached hydrogens (tertiary/aromatic N) is 3. The lowest BCUT2D eigenvalue weighted by Crippen LogP contribution is -2.14. The van der Waals surface area contributed by atoms with Gasteiger partial charge in [0.15, 0.2) is 9.84 Å². The Morgan fingerprint density at radius 3 is 2.49 bits per heavy atom. The van der Waals surface area contributed by atoms with Crippen LogP contribution >= 0.6 is 11.6 Å². The van der Waals surface area contributed by atoms with Crippen LogP contribution in [0.5, 0.6) is 0 Å². The maximum atomic E-state index is 13.1. The number of hydrogen-bond acceptors (Lipinski definition) is 5. The van der Waals surface area contributed by atoms with E-state index in [9.17, 15) is 13.2 Å². The van der Waals surface area contributed by atoms with Crippen LogP contribution in [0.15, 0.2) is 103 Å². The molecule has 5 aromatic rings. The fraction of sp³-hybridized carbons (Fsp3) is 0.156. The summed E-state index contributed by atoms with van der Waals surface area (Å²) in [6.45, 7) is 0. The Bertz CT molecular complexity index is 1820. The third-order valence-electron chi connectivity index (χ3n) is 7.17. The minimum absolute atomic E-state index is 0.0504. The second-order valence-corrected chi connectivity index (χ2v) is 12.8. The standard InChI is InChI=1S/C32H27ClN4O3S/c33-25-12-7-13-26(20-25)35-32(38)24-11-6-8-22(18-24)19-28-30(29-14-4-5-16-34-29)36-37(27-15-17-41(39,40)21-27)31(28)23-9-2-1-3-10-23/h1-14,16,18,20,27H,15,17,19,21H2,(H,35,38). The molecule has 0 spiro atoms. The fourth-order valence-corrected chi connectivity index (χ4v) is 7.16. The topological polar surface area (TPSA) is 93.9 Å². The highest BCUT2D eigenvalue weighted by Gasteiger charge is 2.33. The average molecular weight is 583 g/mol. The summed E-state index contributed by atoms with van der Waals surface area (Å²) < 4.78 is 26.8. The van der Waals surface area contributed by atoms with Gasteiger partial charge in [0, 0.05) is 40.0 Å². The Hall–Kier alpha value is -4.27. The van der Waals surface area contributed by atoms with Gasteiger partial charge in [-0.15, -0.1) is 0 Å². The summed E-state index contributed by atoms with van der Waals surface area (Å²) in [5.74, 6) is -0.0485. The van der Waals surface area contributed by atoms with E-state index in [0.717, 1.165) is 22.4 Å². The number of rotatable bonds is 7. The van der Waals surface area contributed by atoms with Gasteiger partial charge in [-0.2, -0.15) is 5.10 Å². The van der Waals surface area contributed by atoms with Crippen molar-refractivity contribution < 1.29 is 13.2 Å². The summed E-state index contributed by atoms with van der Waals surface area (Å²) in [5, 5.41) is 8.47. The van der Waals surface area contributed by atoms with Gasteiger partial charge in [0.2, 0.25) is 0 Å². The van der Waals surface area contributed by atoms with Crippen molar-refractivity contribution >= 4 is 33.0 Å². The van der Waals surface area contributed by atoms with Gasteiger partial charge in [0.25, 0.3) is 5.91 Å². The van der Waals surface area contributed by atoms with Crippen LogP contribution < -0.4 is 5.32 Å². The minimum atomic E-state index is -3.14. The number of pyridine rings is 1. The highest BCUT2D eigenvalue weighted by molar-refractivity contribution is 7.91. The molecule has 2 aromatic heterocycles. The van der Waals surface area contributed by atoms with Gasteiger partial charge >= 0.3 is 0 Å². The first kappa shape index (κ1) is 26.9. The average Bonchev–Trinajstić information content (AvgIpc) is 3.53. The molecule has 0 aliphatic carbocycles. The number of sulfone groups is 1. The minimum Gasteiger partial charge on any atom is -0.322 e. The summed E-state index contributed by atoms with van der Waals surface area (Å²) in [7, 11) is -3.14. The largest absolute Gasteiger partial charge is 0.322 e. The molecule has 1 N–H and O–H groups in total. The Kier molecular flexibility index (Phi) is 7.43. The molecular formula is C32H27ClN4O3S. The van der Waals surface area contributed by atoms with Crippen molar-refractivity contribution in [2.75, 3.05) is 16.8 Å². The van der Waals surface area contributed by atoms with E-state index in [-0.39, 0.29) is 23.5 Å². The lowest BCUT2D eigenvalue weighted by atomic mass is 9.96.